The van der Waals surface area contributed by atoms with Crippen LogP contribution in [0, 0.1) is 17.6 Å². The summed E-state index contributed by atoms with van der Waals surface area (Å²) >= 11 is 0. The highest BCUT2D eigenvalue weighted by Gasteiger charge is 2.35. The lowest BCUT2D eigenvalue weighted by atomic mass is 10.00. The predicted molar refractivity (Wildman–Crippen MR) is 51.0 cm³/mol. The van der Waals surface area contributed by atoms with Crippen LogP contribution >= 0.6 is 0 Å². The van der Waals surface area contributed by atoms with Gasteiger partial charge in [0, 0.05) is 11.5 Å². The number of Topliss-reactive ketones (excluding diaryl/α,β-unsaturated/α-hetero) is 1. The zero-order valence-corrected chi connectivity index (χ0v) is 8.04. The Bertz CT molecular complexity index is 381. The highest BCUT2D eigenvalue weighted by Crippen LogP contribution is 2.34. The third kappa shape index (κ3) is 1.90. The van der Waals surface area contributed by atoms with Crippen LogP contribution in [0.4, 0.5) is 8.78 Å². The molecule has 1 aliphatic carbocycles. The second-order valence-electron chi connectivity index (χ2n) is 3.79. The summed E-state index contributed by atoms with van der Waals surface area (Å²) in [6, 6.07) is 2.30. The number of ketones is 1. The van der Waals surface area contributed by atoms with E-state index in [1.54, 1.807) is 0 Å². The van der Waals surface area contributed by atoms with Gasteiger partial charge in [-0.15, -0.1) is 0 Å². The van der Waals surface area contributed by atoms with E-state index in [1.165, 1.54) is 6.07 Å². The second-order valence-corrected chi connectivity index (χ2v) is 3.79. The SMILES string of the molecule is NC(C(=O)C1CC1)c1c(F)cccc1F. The van der Waals surface area contributed by atoms with Gasteiger partial charge in [0.1, 0.15) is 11.6 Å². The Morgan fingerprint density at radius 3 is 2.33 bits per heavy atom. The van der Waals surface area contributed by atoms with Gasteiger partial charge in [-0.1, -0.05) is 6.07 Å². The number of hydrogen-bond acceptors (Lipinski definition) is 2. The quantitative estimate of drug-likeness (QED) is 0.830. The molecule has 80 valence electrons. The van der Waals surface area contributed by atoms with Gasteiger partial charge < -0.3 is 5.73 Å². The van der Waals surface area contributed by atoms with Crippen LogP contribution in [0.15, 0.2) is 18.2 Å². The smallest absolute Gasteiger partial charge is 0.157 e. The van der Waals surface area contributed by atoms with Crippen LogP contribution in [-0.2, 0) is 4.79 Å². The maximum absolute atomic E-state index is 13.3. The van der Waals surface area contributed by atoms with E-state index in [1.807, 2.05) is 0 Å². The van der Waals surface area contributed by atoms with Crippen molar-refractivity contribution >= 4 is 5.78 Å². The lowest BCUT2D eigenvalue weighted by molar-refractivity contribution is -0.121. The summed E-state index contributed by atoms with van der Waals surface area (Å²) in [5.74, 6) is -1.87. The van der Waals surface area contributed by atoms with Gasteiger partial charge in [-0.05, 0) is 25.0 Å². The Morgan fingerprint density at radius 1 is 1.33 bits per heavy atom. The van der Waals surface area contributed by atoms with Crippen LogP contribution in [0.25, 0.3) is 0 Å². The molecule has 1 aliphatic rings. The molecule has 0 spiro atoms. The normalized spacial score (nSPS) is 17.5. The fraction of sp³-hybridized carbons (Fsp3) is 0.364. The average molecular weight is 211 g/mol. The molecule has 1 atom stereocenters. The van der Waals surface area contributed by atoms with Crippen molar-refractivity contribution in [2.45, 2.75) is 18.9 Å². The summed E-state index contributed by atoms with van der Waals surface area (Å²) in [6.07, 6.45) is 1.56. The van der Waals surface area contributed by atoms with Gasteiger partial charge >= 0.3 is 0 Å². The van der Waals surface area contributed by atoms with Crippen LogP contribution < -0.4 is 5.73 Å². The fourth-order valence-electron chi connectivity index (χ4n) is 1.57. The topological polar surface area (TPSA) is 43.1 Å². The molecule has 0 aromatic heterocycles. The second kappa shape index (κ2) is 3.70. The van der Waals surface area contributed by atoms with E-state index in [2.05, 4.69) is 0 Å². The lowest BCUT2D eigenvalue weighted by Gasteiger charge is -2.12. The third-order valence-corrected chi connectivity index (χ3v) is 2.60. The Hall–Kier alpha value is -1.29. The Labute approximate surface area is 86.1 Å². The number of rotatable bonds is 3. The van der Waals surface area contributed by atoms with E-state index in [9.17, 15) is 13.6 Å². The van der Waals surface area contributed by atoms with Crippen molar-refractivity contribution in [1.82, 2.24) is 0 Å². The Balaban J connectivity index is 2.31. The van der Waals surface area contributed by atoms with E-state index in [4.69, 9.17) is 5.73 Å². The maximum Gasteiger partial charge on any atom is 0.157 e. The van der Waals surface area contributed by atoms with Gasteiger partial charge in [0.15, 0.2) is 5.78 Å². The molecule has 15 heavy (non-hydrogen) atoms. The van der Waals surface area contributed by atoms with Crippen molar-refractivity contribution in [1.29, 1.82) is 0 Å². The molecule has 1 saturated carbocycles. The first-order valence-corrected chi connectivity index (χ1v) is 4.84. The largest absolute Gasteiger partial charge is 0.318 e. The van der Waals surface area contributed by atoms with E-state index >= 15 is 0 Å². The lowest BCUT2D eigenvalue weighted by Crippen LogP contribution is -2.25. The molecular weight excluding hydrogens is 200 g/mol. The van der Waals surface area contributed by atoms with Crippen LogP contribution in [0.5, 0.6) is 0 Å². The van der Waals surface area contributed by atoms with Crippen LogP contribution in [0.1, 0.15) is 24.4 Å². The van der Waals surface area contributed by atoms with Gasteiger partial charge in [0.2, 0.25) is 0 Å². The van der Waals surface area contributed by atoms with Crippen LogP contribution in [0.2, 0.25) is 0 Å². The van der Waals surface area contributed by atoms with Gasteiger partial charge in [0.25, 0.3) is 0 Å². The van der Waals surface area contributed by atoms with Crippen molar-refractivity contribution in [3.05, 3.63) is 35.4 Å². The molecule has 4 heteroatoms. The van der Waals surface area contributed by atoms with E-state index in [-0.39, 0.29) is 17.3 Å². The van der Waals surface area contributed by atoms with Crippen molar-refractivity contribution < 1.29 is 13.6 Å². The number of nitrogens with two attached hydrogens (primary N) is 1. The molecule has 0 bridgehead atoms. The molecule has 2 nitrogen and oxygen atoms in total. The average Bonchev–Trinajstić information content (AvgIpc) is 2.99. The standard InChI is InChI=1S/C11H11F2NO/c12-7-2-1-3-8(13)9(7)10(14)11(15)6-4-5-6/h1-3,6,10H,4-5,14H2. The van der Waals surface area contributed by atoms with Crippen molar-refractivity contribution in [3.63, 3.8) is 0 Å². The van der Waals surface area contributed by atoms with Crippen LogP contribution in [-0.4, -0.2) is 5.78 Å². The highest BCUT2D eigenvalue weighted by atomic mass is 19.1. The summed E-state index contributed by atoms with van der Waals surface area (Å²) in [6.45, 7) is 0. The van der Waals surface area contributed by atoms with Crippen LogP contribution in [0.3, 0.4) is 0 Å². The van der Waals surface area contributed by atoms with Crippen molar-refractivity contribution in [3.8, 4) is 0 Å². The molecule has 0 heterocycles. The van der Waals surface area contributed by atoms with Crippen molar-refractivity contribution in [2.24, 2.45) is 11.7 Å². The molecule has 0 aliphatic heterocycles. The first kappa shape index (κ1) is 10.2. The minimum atomic E-state index is -1.17. The molecule has 0 saturated heterocycles. The number of hydrogen-bond donors (Lipinski definition) is 1. The van der Waals surface area contributed by atoms with Gasteiger partial charge in [-0.2, -0.15) is 0 Å². The number of carbonyl (C=O) groups excluding carboxylic acids is 1. The molecule has 1 aromatic carbocycles. The number of benzene rings is 1. The minimum Gasteiger partial charge on any atom is -0.318 e. The highest BCUT2D eigenvalue weighted by molar-refractivity contribution is 5.89. The number of carbonyl (C=O) groups is 1. The zero-order chi connectivity index (χ0) is 11.0. The molecule has 1 fully saturated rings. The monoisotopic (exact) mass is 211 g/mol. The van der Waals surface area contributed by atoms with E-state index in [0.717, 1.165) is 25.0 Å². The fourth-order valence-corrected chi connectivity index (χ4v) is 1.57. The summed E-state index contributed by atoms with van der Waals surface area (Å²) in [5.41, 5.74) is 5.24. The van der Waals surface area contributed by atoms with E-state index in [0.29, 0.717) is 0 Å². The summed E-state index contributed by atoms with van der Waals surface area (Å²) in [7, 11) is 0. The van der Waals surface area contributed by atoms with E-state index < -0.39 is 17.7 Å². The van der Waals surface area contributed by atoms with Gasteiger partial charge in [-0.25, -0.2) is 8.78 Å². The van der Waals surface area contributed by atoms with Crippen molar-refractivity contribution in [2.75, 3.05) is 0 Å². The molecule has 2 rings (SSSR count). The Kier molecular flexibility index (Phi) is 2.52. The molecule has 0 amide bonds. The Morgan fingerprint density at radius 2 is 1.87 bits per heavy atom. The first-order chi connectivity index (χ1) is 7.11. The molecule has 0 radical (unpaired) electrons. The molecule has 1 unspecified atom stereocenters. The summed E-state index contributed by atoms with van der Waals surface area (Å²) < 4.78 is 26.5. The first-order valence-electron chi connectivity index (χ1n) is 4.84. The molecular formula is C11H11F2NO. The predicted octanol–water partition coefficient (Wildman–Crippen LogP) is 1.94. The molecule has 1 aromatic rings. The minimum absolute atomic E-state index is 0.0981. The zero-order valence-electron chi connectivity index (χ0n) is 8.04. The van der Waals surface area contributed by atoms with Gasteiger partial charge in [-0.3, -0.25) is 4.79 Å². The maximum atomic E-state index is 13.3. The number of halogens is 2. The molecule has 2 N–H and O–H groups in total. The third-order valence-electron chi connectivity index (χ3n) is 2.60. The summed E-state index contributed by atoms with van der Waals surface area (Å²) in [4.78, 5) is 11.6. The summed E-state index contributed by atoms with van der Waals surface area (Å²) in [5, 5.41) is 0. The van der Waals surface area contributed by atoms with Gasteiger partial charge in [0.05, 0.1) is 6.04 Å².